The fraction of sp³-hybridized carbons (Fsp3) is 0.200. The van der Waals surface area contributed by atoms with E-state index in [1.54, 1.807) is 0 Å². The Labute approximate surface area is 94.2 Å². The van der Waals surface area contributed by atoms with Gasteiger partial charge in [0.15, 0.2) is 5.72 Å². The van der Waals surface area contributed by atoms with Crippen molar-refractivity contribution < 1.29 is 14.6 Å². The molecule has 0 fully saturated rings. The summed E-state index contributed by atoms with van der Waals surface area (Å²) < 4.78 is 13.3. The van der Waals surface area contributed by atoms with Crippen LogP contribution in [-0.2, 0) is 5.72 Å². The topological polar surface area (TPSA) is 66.5 Å². The van der Waals surface area contributed by atoms with Gasteiger partial charge in [-0.25, -0.2) is 4.39 Å². The molecule has 15 heavy (non-hydrogen) atoms. The molecule has 0 amide bonds. The Kier molecular flexibility index (Phi) is 2.42. The SMILES string of the molecule is NC1(O)C=C(Br)C(O)c2ccc(F)cc21. The minimum Gasteiger partial charge on any atom is -0.383 e. The van der Waals surface area contributed by atoms with E-state index in [1.807, 2.05) is 0 Å². The average Bonchev–Trinajstić information content (AvgIpc) is 2.14. The normalized spacial score (nSPS) is 29.7. The number of aliphatic hydroxyl groups excluding tert-OH is 1. The zero-order chi connectivity index (χ0) is 11.2. The molecule has 0 spiro atoms. The summed E-state index contributed by atoms with van der Waals surface area (Å²) in [7, 11) is 0. The lowest BCUT2D eigenvalue weighted by atomic mass is 9.89. The van der Waals surface area contributed by atoms with Crippen LogP contribution in [-0.4, -0.2) is 10.2 Å². The van der Waals surface area contributed by atoms with Crippen LogP contribution in [0.5, 0.6) is 0 Å². The number of halogens is 2. The molecule has 1 aliphatic rings. The molecule has 2 atom stereocenters. The van der Waals surface area contributed by atoms with Gasteiger partial charge in [0.25, 0.3) is 0 Å². The van der Waals surface area contributed by atoms with E-state index in [1.165, 1.54) is 18.2 Å². The smallest absolute Gasteiger partial charge is 0.160 e. The van der Waals surface area contributed by atoms with Crippen LogP contribution in [0.15, 0.2) is 28.8 Å². The predicted molar refractivity (Wildman–Crippen MR) is 56.5 cm³/mol. The van der Waals surface area contributed by atoms with E-state index in [0.29, 0.717) is 10.0 Å². The Bertz CT molecular complexity index is 445. The third-order valence-corrected chi connectivity index (χ3v) is 3.02. The van der Waals surface area contributed by atoms with E-state index in [0.717, 1.165) is 6.07 Å². The molecular formula is C10H9BrFNO2. The molecule has 0 bridgehead atoms. The molecule has 3 nitrogen and oxygen atoms in total. The van der Waals surface area contributed by atoms with E-state index in [2.05, 4.69) is 15.9 Å². The largest absolute Gasteiger partial charge is 0.383 e. The highest BCUT2D eigenvalue weighted by molar-refractivity contribution is 9.11. The van der Waals surface area contributed by atoms with Crippen molar-refractivity contribution in [3.05, 3.63) is 45.7 Å². The highest BCUT2D eigenvalue weighted by Crippen LogP contribution is 2.39. The molecule has 0 saturated carbocycles. The van der Waals surface area contributed by atoms with Crippen molar-refractivity contribution in [1.82, 2.24) is 0 Å². The second kappa shape index (κ2) is 3.38. The number of fused-ring (bicyclic) bond motifs is 1. The van der Waals surface area contributed by atoms with E-state index in [4.69, 9.17) is 5.73 Å². The van der Waals surface area contributed by atoms with Crippen LogP contribution in [0.3, 0.4) is 0 Å². The first-order valence-electron chi connectivity index (χ1n) is 4.29. The summed E-state index contributed by atoms with van der Waals surface area (Å²) in [6.45, 7) is 0. The van der Waals surface area contributed by atoms with Crippen molar-refractivity contribution in [2.45, 2.75) is 11.8 Å². The Hall–Kier alpha value is -0.750. The molecule has 2 rings (SSSR count). The number of hydrogen-bond acceptors (Lipinski definition) is 3. The van der Waals surface area contributed by atoms with Crippen LogP contribution in [0.4, 0.5) is 4.39 Å². The van der Waals surface area contributed by atoms with Gasteiger partial charge in [-0.05, 0) is 23.8 Å². The Morgan fingerprint density at radius 2 is 2.13 bits per heavy atom. The Balaban J connectivity index is 2.66. The van der Waals surface area contributed by atoms with Crippen LogP contribution in [0.25, 0.3) is 0 Å². The number of hydrogen-bond donors (Lipinski definition) is 3. The van der Waals surface area contributed by atoms with Crippen LogP contribution < -0.4 is 5.73 Å². The van der Waals surface area contributed by atoms with Gasteiger partial charge in [0.2, 0.25) is 0 Å². The second-order valence-electron chi connectivity index (χ2n) is 3.49. The summed E-state index contributed by atoms with van der Waals surface area (Å²) in [4.78, 5) is 0. The first-order chi connectivity index (χ1) is 6.92. The van der Waals surface area contributed by atoms with Crippen molar-refractivity contribution >= 4 is 15.9 Å². The fourth-order valence-corrected chi connectivity index (χ4v) is 2.22. The summed E-state index contributed by atoms with van der Waals surface area (Å²) >= 11 is 3.09. The lowest BCUT2D eigenvalue weighted by molar-refractivity contribution is 0.0836. The molecule has 0 aliphatic heterocycles. The third-order valence-electron chi connectivity index (χ3n) is 2.36. The summed E-state index contributed by atoms with van der Waals surface area (Å²) in [6, 6.07) is 3.74. The predicted octanol–water partition coefficient (Wildman–Crippen LogP) is 1.26. The standard InChI is InChI=1S/C10H9BrFNO2/c11-8-4-10(13,15)7-3-5(12)1-2-6(7)9(8)14/h1-4,9,14-15H,13H2. The minimum absolute atomic E-state index is 0.179. The summed E-state index contributed by atoms with van der Waals surface area (Å²) in [5.74, 6) is -0.503. The van der Waals surface area contributed by atoms with E-state index < -0.39 is 17.6 Å². The maximum absolute atomic E-state index is 13.0. The van der Waals surface area contributed by atoms with Crippen molar-refractivity contribution in [2.75, 3.05) is 0 Å². The molecule has 0 saturated heterocycles. The van der Waals surface area contributed by atoms with Gasteiger partial charge in [0.05, 0.1) is 0 Å². The second-order valence-corrected chi connectivity index (χ2v) is 4.40. The average molecular weight is 274 g/mol. The van der Waals surface area contributed by atoms with Crippen molar-refractivity contribution in [3.63, 3.8) is 0 Å². The van der Waals surface area contributed by atoms with Gasteiger partial charge >= 0.3 is 0 Å². The number of nitrogens with two attached hydrogens (primary N) is 1. The lowest BCUT2D eigenvalue weighted by Gasteiger charge is -2.30. The molecule has 1 aromatic carbocycles. The molecular weight excluding hydrogens is 265 g/mol. The Morgan fingerprint density at radius 3 is 2.80 bits per heavy atom. The van der Waals surface area contributed by atoms with Gasteiger partial charge < -0.3 is 10.2 Å². The highest BCUT2D eigenvalue weighted by atomic mass is 79.9. The molecule has 1 aromatic rings. The number of benzene rings is 1. The van der Waals surface area contributed by atoms with Crippen molar-refractivity contribution in [2.24, 2.45) is 5.73 Å². The fourth-order valence-electron chi connectivity index (χ4n) is 1.63. The number of aliphatic hydroxyl groups is 2. The van der Waals surface area contributed by atoms with E-state index in [9.17, 15) is 14.6 Å². The minimum atomic E-state index is -1.75. The summed E-state index contributed by atoms with van der Waals surface area (Å²) in [6.07, 6.45) is 0.337. The van der Waals surface area contributed by atoms with Gasteiger partial charge in [-0.15, -0.1) is 0 Å². The first-order valence-corrected chi connectivity index (χ1v) is 5.08. The van der Waals surface area contributed by atoms with Crippen LogP contribution in [0.2, 0.25) is 0 Å². The van der Waals surface area contributed by atoms with Crippen LogP contribution >= 0.6 is 15.9 Å². The maximum atomic E-state index is 13.0. The van der Waals surface area contributed by atoms with Crippen molar-refractivity contribution in [3.8, 4) is 0 Å². The van der Waals surface area contributed by atoms with Crippen LogP contribution in [0.1, 0.15) is 17.2 Å². The maximum Gasteiger partial charge on any atom is 0.160 e. The van der Waals surface area contributed by atoms with Gasteiger partial charge in [0, 0.05) is 10.0 Å². The van der Waals surface area contributed by atoms with Gasteiger partial charge in [-0.1, -0.05) is 22.0 Å². The van der Waals surface area contributed by atoms with Gasteiger partial charge in [-0.2, -0.15) is 0 Å². The summed E-state index contributed by atoms with van der Waals surface area (Å²) in [5, 5.41) is 19.6. The zero-order valence-electron chi connectivity index (χ0n) is 7.61. The first kappa shape index (κ1) is 10.8. The highest BCUT2D eigenvalue weighted by Gasteiger charge is 2.33. The molecule has 0 heterocycles. The van der Waals surface area contributed by atoms with E-state index in [-0.39, 0.29) is 5.56 Å². The quantitative estimate of drug-likeness (QED) is 0.624. The molecule has 80 valence electrons. The van der Waals surface area contributed by atoms with Crippen LogP contribution in [0, 0.1) is 5.82 Å². The van der Waals surface area contributed by atoms with E-state index >= 15 is 0 Å². The molecule has 5 heteroatoms. The zero-order valence-corrected chi connectivity index (χ0v) is 9.20. The summed E-state index contributed by atoms with van der Waals surface area (Å²) in [5.41, 5.74) is 4.41. The molecule has 0 radical (unpaired) electrons. The number of rotatable bonds is 0. The molecule has 0 aromatic heterocycles. The molecule has 2 unspecified atom stereocenters. The monoisotopic (exact) mass is 273 g/mol. The Morgan fingerprint density at radius 1 is 1.47 bits per heavy atom. The lowest BCUT2D eigenvalue weighted by Crippen LogP contribution is -2.38. The van der Waals surface area contributed by atoms with Gasteiger partial charge in [0.1, 0.15) is 11.9 Å². The third kappa shape index (κ3) is 1.72. The van der Waals surface area contributed by atoms with Gasteiger partial charge in [-0.3, -0.25) is 5.73 Å². The molecule has 1 aliphatic carbocycles. The molecule has 4 N–H and O–H groups in total. The van der Waals surface area contributed by atoms with Crippen molar-refractivity contribution in [1.29, 1.82) is 0 Å².